The number of amides is 2. The van der Waals surface area contributed by atoms with E-state index in [-0.39, 0.29) is 23.6 Å². The fraction of sp³-hybridized carbons (Fsp3) is 0.375. The van der Waals surface area contributed by atoms with Crippen LogP contribution in [0.25, 0.3) is 0 Å². The lowest BCUT2D eigenvalue weighted by atomic mass is 10.0. The minimum Gasteiger partial charge on any atom is -0.452 e. The molecule has 2 amide bonds. The molecular weight excluding hydrogens is 431 g/mol. The number of carbonyl (C=O) groups is 3. The molecule has 0 spiro atoms. The Labute approximate surface area is 192 Å². The molecule has 6 nitrogen and oxygen atoms in total. The van der Waals surface area contributed by atoms with Crippen molar-refractivity contribution in [1.29, 1.82) is 0 Å². The molecule has 0 saturated heterocycles. The number of hydrogen-bond acceptors (Lipinski definition) is 5. The summed E-state index contributed by atoms with van der Waals surface area (Å²) in [7, 11) is 0. The summed E-state index contributed by atoms with van der Waals surface area (Å²) in [5.41, 5.74) is 1.47. The van der Waals surface area contributed by atoms with Crippen LogP contribution in [0.2, 0.25) is 0 Å². The normalized spacial score (nSPS) is 13.5. The smallest absolute Gasteiger partial charge is 0.319 e. The third-order valence-corrected chi connectivity index (χ3v) is 5.80. The fourth-order valence-corrected chi connectivity index (χ4v) is 3.57. The van der Waals surface area contributed by atoms with Gasteiger partial charge in [0, 0.05) is 5.69 Å². The number of ether oxygens (including phenoxy) is 1. The molecule has 0 aliphatic rings. The average molecular weight is 461 g/mol. The Morgan fingerprint density at radius 1 is 1.03 bits per heavy atom. The molecule has 0 bridgehead atoms. The van der Waals surface area contributed by atoms with E-state index in [0.29, 0.717) is 5.69 Å². The van der Waals surface area contributed by atoms with Crippen LogP contribution in [-0.4, -0.2) is 34.9 Å². The van der Waals surface area contributed by atoms with Gasteiger partial charge in [0.2, 0.25) is 5.91 Å². The molecule has 0 aliphatic heterocycles. The minimum absolute atomic E-state index is 0.0147. The Kier molecular flexibility index (Phi) is 10.2. The van der Waals surface area contributed by atoms with Crippen molar-refractivity contribution in [3.8, 4) is 0 Å². The van der Waals surface area contributed by atoms with Crippen LogP contribution in [0, 0.1) is 5.82 Å². The number of hydrogen-bond donors (Lipinski definition) is 2. The molecule has 172 valence electrons. The Balaban J connectivity index is 1.80. The number of nitrogens with one attached hydrogen (secondary N) is 2. The van der Waals surface area contributed by atoms with Crippen LogP contribution in [0.1, 0.15) is 45.2 Å². The number of halogens is 1. The van der Waals surface area contributed by atoms with E-state index in [1.54, 1.807) is 6.92 Å². The Morgan fingerprint density at radius 2 is 1.69 bits per heavy atom. The molecule has 0 aliphatic carbocycles. The summed E-state index contributed by atoms with van der Waals surface area (Å²) in [5, 5.41) is 4.94. The molecule has 0 heterocycles. The summed E-state index contributed by atoms with van der Waals surface area (Å²) in [5.74, 6) is -1.64. The standard InChI is InChI=1S/C24H29FN2O4S/c1-4-8-21(18-9-6-5-7-10-18)27-23(29)16(2)31-24(30)17(3)32-15-22(28)26-20-13-11-19(25)12-14-20/h5-7,9-14,16-17,21H,4,8,15H2,1-3H3,(H,26,28)(H,27,29). The first-order valence-corrected chi connectivity index (χ1v) is 11.6. The Bertz CT molecular complexity index is 893. The SMILES string of the molecule is CCCC(NC(=O)C(C)OC(=O)C(C)SCC(=O)Nc1ccc(F)cc1)c1ccccc1. The quantitative estimate of drug-likeness (QED) is 0.483. The molecule has 0 radical (unpaired) electrons. The predicted molar refractivity (Wildman–Crippen MR) is 125 cm³/mol. The summed E-state index contributed by atoms with van der Waals surface area (Å²) in [4.78, 5) is 36.9. The van der Waals surface area contributed by atoms with Gasteiger partial charge < -0.3 is 15.4 Å². The fourth-order valence-electron chi connectivity index (χ4n) is 2.91. The lowest BCUT2D eigenvalue weighted by Gasteiger charge is -2.22. The first kappa shape index (κ1) is 25.4. The molecule has 2 N–H and O–H groups in total. The summed E-state index contributed by atoms with van der Waals surface area (Å²) in [6.07, 6.45) is 0.703. The highest BCUT2D eigenvalue weighted by molar-refractivity contribution is 8.01. The van der Waals surface area contributed by atoms with E-state index in [9.17, 15) is 18.8 Å². The molecule has 0 fully saturated rings. The van der Waals surface area contributed by atoms with Crippen molar-refractivity contribution in [1.82, 2.24) is 5.32 Å². The molecule has 2 aromatic carbocycles. The van der Waals surface area contributed by atoms with Gasteiger partial charge in [-0.05, 0) is 50.1 Å². The van der Waals surface area contributed by atoms with E-state index in [1.807, 2.05) is 37.3 Å². The van der Waals surface area contributed by atoms with E-state index in [4.69, 9.17) is 4.74 Å². The summed E-state index contributed by atoms with van der Waals surface area (Å²) in [6.45, 7) is 5.18. The summed E-state index contributed by atoms with van der Waals surface area (Å²) in [6, 6.07) is 14.9. The highest BCUT2D eigenvalue weighted by Crippen LogP contribution is 2.19. The van der Waals surface area contributed by atoms with Gasteiger partial charge in [0.15, 0.2) is 6.10 Å². The molecule has 0 aromatic heterocycles. The van der Waals surface area contributed by atoms with Gasteiger partial charge in [-0.2, -0.15) is 0 Å². The third kappa shape index (κ3) is 8.34. The van der Waals surface area contributed by atoms with Crippen LogP contribution in [-0.2, 0) is 19.1 Å². The van der Waals surface area contributed by atoms with Crippen LogP contribution in [0.3, 0.4) is 0 Å². The largest absolute Gasteiger partial charge is 0.452 e. The van der Waals surface area contributed by atoms with Gasteiger partial charge >= 0.3 is 5.97 Å². The van der Waals surface area contributed by atoms with Gasteiger partial charge in [-0.1, -0.05) is 43.7 Å². The van der Waals surface area contributed by atoms with Gasteiger partial charge in [-0.15, -0.1) is 11.8 Å². The first-order chi connectivity index (χ1) is 15.3. The van der Waals surface area contributed by atoms with Gasteiger partial charge in [-0.3, -0.25) is 14.4 Å². The zero-order chi connectivity index (χ0) is 23.5. The van der Waals surface area contributed by atoms with Gasteiger partial charge in [-0.25, -0.2) is 4.39 Å². The zero-order valence-corrected chi connectivity index (χ0v) is 19.3. The van der Waals surface area contributed by atoms with E-state index in [2.05, 4.69) is 10.6 Å². The van der Waals surface area contributed by atoms with Gasteiger partial charge in [0.1, 0.15) is 11.1 Å². The van der Waals surface area contributed by atoms with Crippen molar-refractivity contribution in [2.45, 2.75) is 51.0 Å². The molecule has 8 heteroatoms. The van der Waals surface area contributed by atoms with Crippen molar-refractivity contribution < 1.29 is 23.5 Å². The van der Waals surface area contributed by atoms with Crippen LogP contribution < -0.4 is 10.6 Å². The maximum atomic E-state index is 12.9. The van der Waals surface area contributed by atoms with Crippen LogP contribution in [0.5, 0.6) is 0 Å². The van der Waals surface area contributed by atoms with Crippen molar-refractivity contribution >= 4 is 35.2 Å². The number of anilines is 1. The highest BCUT2D eigenvalue weighted by atomic mass is 32.2. The second-order valence-electron chi connectivity index (χ2n) is 7.35. The number of esters is 1. The van der Waals surface area contributed by atoms with E-state index in [0.717, 1.165) is 30.2 Å². The number of rotatable bonds is 11. The topological polar surface area (TPSA) is 84.5 Å². The molecule has 2 aromatic rings. The van der Waals surface area contributed by atoms with Crippen molar-refractivity contribution in [3.05, 3.63) is 66.0 Å². The van der Waals surface area contributed by atoms with E-state index >= 15 is 0 Å². The molecule has 32 heavy (non-hydrogen) atoms. The maximum absolute atomic E-state index is 12.9. The van der Waals surface area contributed by atoms with Crippen molar-refractivity contribution in [2.75, 3.05) is 11.1 Å². The van der Waals surface area contributed by atoms with Crippen molar-refractivity contribution in [2.24, 2.45) is 0 Å². The summed E-state index contributed by atoms with van der Waals surface area (Å²) < 4.78 is 18.2. The van der Waals surface area contributed by atoms with E-state index < -0.39 is 23.1 Å². The van der Waals surface area contributed by atoms with Crippen molar-refractivity contribution in [3.63, 3.8) is 0 Å². The maximum Gasteiger partial charge on any atom is 0.319 e. The molecule has 3 unspecified atom stereocenters. The number of benzene rings is 2. The minimum atomic E-state index is -0.957. The molecular formula is C24H29FN2O4S. The van der Waals surface area contributed by atoms with Gasteiger partial charge in [0.05, 0.1) is 11.8 Å². The monoisotopic (exact) mass is 460 g/mol. The van der Waals surface area contributed by atoms with Crippen LogP contribution in [0.15, 0.2) is 54.6 Å². The van der Waals surface area contributed by atoms with Gasteiger partial charge in [0.25, 0.3) is 5.91 Å². The first-order valence-electron chi connectivity index (χ1n) is 10.5. The average Bonchev–Trinajstić information content (AvgIpc) is 2.79. The van der Waals surface area contributed by atoms with Crippen LogP contribution in [0.4, 0.5) is 10.1 Å². The second-order valence-corrected chi connectivity index (χ2v) is 8.68. The molecule has 0 saturated carbocycles. The zero-order valence-electron chi connectivity index (χ0n) is 18.5. The number of carbonyl (C=O) groups excluding carboxylic acids is 3. The highest BCUT2D eigenvalue weighted by Gasteiger charge is 2.25. The lowest BCUT2D eigenvalue weighted by molar-refractivity contribution is -0.154. The molecule has 2 rings (SSSR count). The van der Waals surface area contributed by atoms with E-state index in [1.165, 1.54) is 31.2 Å². The predicted octanol–water partition coefficient (Wildman–Crippen LogP) is 4.48. The second kappa shape index (κ2) is 12.9. The Morgan fingerprint density at radius 3 is 2.31 bits per heavy atom. The Hall–Kier alpha value is -2.87. The van der Waals surface area contributed by atoms with Crippen LogP contribution >= 0.6 is 11.8 Å². The number of thioether (sulfide) groups is 1. The lowest BCUT2D eigenvalue weighted by Crippen LogP contribution is -2.39. The third-order valence-electron chi connectivity index (χ3n) is 4.68. The molecule has 3 atom stereocenters. The summed E-state index contributed by atoms with van der Waals surface area (Å²) >= 11 is 1.10.